The highest BCUT2D eigenvalue weighted by Crippen LogP contribution is 2.42. The zero-order valence-corrected chi connectivity index (χ0v) is 18.0. The number of unbranched alkanes of at least 4 members (excludes halogenated alkanes) is 1. The maximum absolute atomic E-state index is 13.0. The summed E-state index contributed by atoms with van der Waals surface area (Å²) in [6.45, 7) is 3.05. The molecule has 0 radical (unpaired) electrons. The second-order valence-corrected chi connectivity index (χ2v) is 9.10. The molecule has 172 valence electrons. The van der Waals surface area contributed by atoms with E-state index in [9.17, 15) is 18.0 Å². The van der Waals surface area contributed by atoms with Crippen LogP contribution in [0.2, 0.25) is 6.32 Å². The van der Waals surface area contributed by atoms with Crippen molar-refractivity contribution >= 4 is 12.9 Å². The Kier molecular flexibility index (Phi) is 7.51. The first-order valence-corrected chi connectivity index (χ1v) is 11.1. The van der Waals surface area contributed by atoms with Crippen LogP contribution in [0.15, 0.2) is 18.2 Å². The summed E-state index contributed by atoms with van der Waals surface area (Å²) >= 11 is 0. The number of hydrogen-bond donors (Lipinski definition) is 3. The molecule has 1 saturated heterocycles. The third-order valence-electron chi connectivity index (χ3n) is 7.17. The molecule has 1 aliphatic carbocycles. The third kappa shape index (κ3) is 5.50. The van der Waals surface area contributed by atoms with Gasteiger partial charge in [-0.1, -0.05) is 18.9 Å². The van der Waals surface area contributed by atoms with E-state index in [1.54, 1.807) is 6.07 Å². The van der Waals surface area contributed by atoms with Gasteiger partial charge in [-0.2, -0.15) is 13.2 Å². The average molecular weight is 440 g/mol. The summed E-state index contributed by atoms with van der Waals surface area (Å²) in [5.41, 5.74) is 6.83. The van der Waals surface area contributed by atoms with Gasteiger partial charge in [-0.05, 0) is 87.6 Å². The van der Waals surface area contributed by atoms with E-state index in [-0.39, 0.29) is 24.1 Å². The van der Waals surface area contributed by atoms with Gasteiger partial charge in [-0.3, -0.25) is 9.69 Å². The molecule has 0 saturated carbocycles. The summed E-state index contributed by atoms with van der Waals surface area (Å²) in [5.74, 6) is 0.00941. The van der Waals surface area contributed by atoms with E-state index in [0.717, 1.165) is 43.5 Å². The van der Waals surface area contributed by atoms with Crippen molar-refractivity contribution in [3.05, 3.63) is 34.9 Å². The van der Waals surface area contributed by atoms with Crippen molar-refractivity contribution in [2.75, 3.05) is 13.1 Å². The highest BCUT2D eigenvalue weighted by molar-refractivity contribution is 6.40. The minimum absolute atomic E-state index is 0.0404. The molecule has 0 bridgehead atoms. The lowest BCUT2D eigenvalue weighted by Gasteiger charge is -2.43. The highest BCUT2D eigenvalue weighted by Gasteiger charge is 2.42. The first kappa shape index (κ1) is 24.2. The zero-order chi connectivity index (χ0) is 22.8. The van der Waals surface area contributed by atoms with Crippen LogP contribution in [-0.2, 0) is 17.4 Å². The number of Topliss-reactive ketones (excluding diaryl/α,β-unsaturated/α-hetero) is 1. The SMILES string of the molecule is CC(=O)[C@](N)(CCCCB(O)O)C1CCN(C2CCc3cc(C(F)(F)F)ccc32)CC1. The molecule has 9 heteroatoms. The molecule has 1 fully saturated rings. The Morgan fingerprint density at radius 3 is 2.45 bits per heavy atom. The zero-order valence-electron chi connectivity index (χ0n) is 18.0. The van der Waals surface area contributed by atoms with Gasteiger partial charge in [0, 0.05) is 6.04 Å². The van der Waals surface area contributed by atoms with Gasteiger partial charge in [0.25, 0.3) is 0 Å². The predicted molar refractivity (Wildman–Crippen MR) is 113 cm³/mol. The van der Waals surface area contributed by atoms with Crippen molar-refractivity contribution in [3.63, 3.8) is 0 Å². The first-order valence-electron chi connectivity index (χ1n) is 11.1. The number of benzene rings is 1. The number of aryl methyl sites for hydroxylation is 1. The molecule has 2 atom stereocenters. The Balaban J connectivity index is 1.61. The van der Waals surface area contributed by atoms with Gasteiger partial charge in [0.05, 0.1) is 11.1 Å². The number of piperidine rings is 1. The second kappa shape index (κ2) is 9.61. The van der Waals surface area contributed by atoms with Gasteiger partial charge in [-0.15, -0.1) is 0 Å². The number of nitrogens with two attached hydrogens (primary N) is 1. The molecule has 31 heavy (non-hydrogen) atoms. The number of likely N-dealkylation sites (tertiary alicyclic amines) is 1. The largest absolute Gasteiger partial charge is 0.451 e. The van der Waals surface area contributed by atoms with E-state index in [1.807, 2.05) is 0 Å². The standard InChI is InChI=1S/C22H32BF3N2O3/c1-15(29)21(27,10-2-3-11-23(30)31)17-8-12-28(13-9-17)20-7-4-16-14-18(22(24,25)26)5-6-19(16)20/h5-6,14,17,20,30-31H,2-4,7-13,27H2,1H3/t20?,21-/m1/s1. The Bertz CT molecular complexity index is 782. The quantitative estimate of drug-likeness (QED) is 0.427. The topological polar surface area (TPSA) is 86.8 Å². The highest BCUT2D eigenvalue weighted by atomic mass is 19.4. The monoisotopic (exact) mass is 440 g/mol. The molecule has 1 unspecified atom stereocenters. The molecule has 4 N–H and O–H groups in total. The average Bonchev–Trinajstić information content (AvgIpc) is 3.13. The van der Waals surface area contributed by atoms with Crippen LogP contribution in [0, 0.1) is 5.92 Å². The number of halogens is 3. The van der Waals surface area contributed by atoms with Crippen molar-refractivity contribution in [1.29, 1.82) is 0 Å². The molecule has 2 aliphatic rings. The van der Waals surface area contributed by atoms with Crippen molar-refractivity contribution in [2.24, 2.45) is 11.7 Å². The van der Waals surface area contributed by atoms with E-state index in [0.29, 0.717) is 25.7 Å². The van der Waals surface area contributed by atoms with Crippen LogP contribution >= 0.6 is 0 Å². The second-order valence-electron chi connectivity index (χ2n) is 9.10. The summed E-state index contributed by atoms with van der Waals surface area (Å²) in [4.78, 5) is 14.7. The number of rotatable bonds is 8. The van der Waals surface area contributed by atoms with Crippen LogP contribution in [-0.4, -0.2) is 46.5 Å². The summed E-state index contributed by atoms with van der Waals surface area (Å²) in [5, 5.41) is 18.0. The molecule has 1 heterocycles. The van der Waals surface area contributed by atoms with Gasteiger partial charge in [0.15, 0.2) is 0 Å². The number of carbonyl (C=O) groups excluding carboxylic acids is 1. The number of hydrogen-bond acceptors (Lipinski definition) is 5. The molecule has 1 aromatic rings. The number of alkyl halides is 3. The molecule has 1 aliphatic heterocycles. The van der Waals surface area contributed by atoms with Crippen molar-refractivity contribution in [3.8, 4) is 0 Å². The molecular formula is C22H32BF3N2O3. The van der Waals surface area contributed by atoms with Gasteiger partial charge in [0.2, 0.25) is 0 Å². The van der Waals surface area contributed by atoms with Crippen LogP contribution in [0.5, 0.6) is 0 Å². The fourth-order valence-corrected chi connectivity index (χ4v) is 5.29. The van der Waals surface area contributed by atoms with E-state index in [4.69, 9.17) is 15.8 Å². The van der Waals surface area contributed by atoms with Crippen LogP contribution in [0.3, 0.4) is 0 Å². The number of carbonyl (C=O) groups is 1. The van der Waals surface area contributed by atoms with Crippen molar-refractivity contribution in [1.82, 2.24) is 4.90 Å². The van der Waals surface area contributed by atoms with Crippen molar-refractivity contribution < 1.29 is 28.0 Å². The van der Waals surface area contributed by atoms with E-state index >= 15 is 0 Å². The molecule has 1 aromatic carbocycles. The molecule has 5 nitrogen and oxygen atoms in total. The predicted octanol–water partition coefficient (Wildman–Crippen LogP) is 3.33. The van der Waals surface area contributed by atoms with Crippen molar-refractivity contribution in [2.45, 2.75) is 75.9 Å². The van der Waals surface area contributed by atoms with Gasteiger partial charge < -0.3 is 15.8 Å². The first-order chi connectivity index (χ1) is 14.5. The van der Waals surface area contributed by atoms with E-state index in [2.05, 4.69) is 4.90 Å². The number of ketones is 1. The van der Waals surface area contributed by atoms with Crippen LogP contribution < -0.4 is 5.73 Å². The Hall–Kier alpha value is -1.42. The smallest absolute Gasteiger partial charge is 0.427 e. The number of fused-ring (bicyclic) bond motifs is 1. The van der Waals surface area contributed by atoms with Crippen LogP contribution in [0.1, 0.15) is 68.2 Å². The fourth-order valence-electron chi connectivity index (χ4n) is 5.29. The van der Waals surface area contributed by atoms with Crippen LogP contribution in [0.25, 0.3) is 0 Å². The molecule has 3 rings (SSSR count). The Labute approximate surface area is 181 Å². The van der Waals surface area contributed by atoms with Gasteiger partial charge in [0.1, 0.15) is 5.78 Å². The molecule has 0 spiro atoms. The van der Waals surface area contributed by atoms with Crippen LogP contribution in [0.4, 0.5) is 13.2 Å². The van der Waals surface area contributed by atoms with E-state index in [1.165, 1.54) is 19.1 Å². The fraction of sp³-hybridized carbons (Fsp3) is 0.682. The summed E-state index contributed by atoms with van der Waals surface area (Å²) < 4.78 is 39.0. The molecular weight excluding hydrogens is 408 g/mol. The van der Waals surface area contributed by atoms with E-state index < -0.39 is 24.4 Å². The number of nitrogens with zero attached hydrogens (tertiary/aromatic N) is 1. The lowest BCUT2D eigenvalue weighted by molar-refractivity contribution is -0.137. The molecule has 0 aromatic heterocycles. The normalized spacial score (nSPS) is 22.2. The maximum atomic E-state index is 13.0. The summed E-state index contributed by atoms with van der Waals surface area (Å²) in [6, 6.07) is 4.20. The Morgan fingerprint density at radius 1 is 1.19 bits per heavy atom. The summed E-state index contributed by atoms with van der Waals surface area (Å²) in [6.07, 6.45) is 0.719. The maximum Gasteiger partial charge on any atom is 0.451 e. The lowest BCUT2D eigenvalue weighted by atomic mass is 9.72. The minimum atomic E-state index is -4.32. The lowest BCUT2D eigenvalue weighted by Crippen LogP contribution is -2.56. The molecule has 0 amide bonds. The minimum Gasteiger partial charge on any atom is -0.427 e. The Morgan fingerprint density at radius 2 is 1.87 bits per heavy atom. The van der Waals surface area contributed by atoms with Gasteiger partial charge in [-0.25, -0.2) is 0 Å². The third-order valence-corrected chi connectivity index (χ3v) is 7.17. The van der Waals surface area contributed by atoms with Gasteiger partial charge >= 0.3 is 13.3 Å². The summed E-state index contributed by atoms with van der Waals surface area (Å²) in [7, 11) is -1.34.